The fourth-order valence-electron chi connectivity index (χ4n) is 5.83. The van der Waals surface area contributed by atoms with E-state index in [1.54, 1.807) is 16.8 Å². The molecule has 4 amide bonds. The van der Waals surface area contributed by atoms with Crippen molar-refractivity contribution in [1.29, 1.82) is 0 Å². The normalized spacial score (nSPS) is 21.8. The highest BCUT2D eigenvalue weighted by atomic mass is 16.5. The Kier molecular flexibility index (Phi) is 8.78. The highest BCUT2D eigenvalue weighted by Gasteiger charge is 2.56. The summed E-state index contributed by atoms with van der Waals surface area (Å²) in [6, 6.07) is 18.3. The minimum Gasteiger partial charge on any atom is -0.465 e. The van der Waals surface area contributed by atoms with E-state index in [2.05, 4.69) is 10.6 Å². The number of hydrogen-bond acceptors (Lipinski definition) is 5. The monoisotopic (exact) mass is 550 g/mol. The molecule has 0 aromatic heterocycles. The van der Waals surface area contributed by atoms with Crippen molar-refractivity contribution in [2.24, 2.45) is 5.41 Å². The third-order valence-electron chi connectivity index (χ3n) is 7.92. The topological polar surface area (TPSA) is 128 Å². The summed E-state index contributed by atoms with van der Waals surface area (Å²) >= 11 is 0. The number of nitrogens with zero attached hydrogens (tertiary/aromatic N) is 2. The van der Waals surface area contributed by atoms with E-state index >= 15 is 0 Å². The van der Waals surface area contributed by atoms with Crippen LogP contribution in [-0.4, -0.2) is 83.6 Å². The molecule has 2 aliphatic heterocycles. The molecule has 2 aromatic carbocycles. The number of piperidine rings is 1. The van der Waals surface area contributed by atoms with Crippen LogP contribution in [0.25, 0.3) is 0 Å². The molecule has 0 aliphatic carbocycles. The second-order valence-corrected chi connectivity index (χ2v) is 11.3. The van der Waals surface area contributed by atoms with Crippen molar-refractivity contribution in [3.8, 4) is 0 Å². The minimum atomic E-state index is -1.48. The molecule has 214 valence electrons. The van der Waals surface area contributed by atoms with Crippen LogP contribution < -0.4 is 10.6 Å². The molecule has 2 aromatic rings. The highest BCUT2D eigenvalue weighted by Crippen LogP contribution is 2.49. The van der Waals surface area contributed by atoms with Gasteiger partial charge < -0.3 is 30.3 Å². The Bertz CT molecular complexity index is 1220. The Morgan fingerprint density at radius 2 is 1.75 bits per heavy atom. The van der Waals surface area contributed by atoms with E-state index in [-0.39, 0.29) is 37.5 Å². The van der Waals surface area contributed by atoms with Crippen LogP contribution in [0.1, 0.15) is 43.7 Å². The molecule has 0 radical (unpaired) electrons. The highest BCUT2D eigenvalue weighted by molar-refractivity contribution is 5.94. The maximum atomic E-state index is 14.0. The molecular formula is C30H38N4O6. The molecule has 40 heavy (non-hydrogen) atoms. The number of amides is 4. The van der Waals surface area contributed by atoms with Gasteiger partial charge in [0.05, 0.1) is 18.6 Å². The van der Waals surface area contributed by atoms with Crippen molar-refractivity contribution >= 4 is 23.8 Å². The van der Waals surface area contributed by atoms with E-state index in [1.165, 1.54) is 13.8 Å². The van der Waals surface area contributed by atoms with E-state index in [0.29, 0.717) is 25.9 Å². The van der Waals surface area contributed by atoms with Crippen LogP contribution in [0.3, 0.4) is 0 Å². The summed E-state index contributed by atoms with van der Waals surface area (Å²) in [5, 5.41) is 14.1. The Hall–Kier alpha value is -3.92. The Labute approximate surface area is 234 Å². The number of carbonyl (C=O) groups excluding carboxylic acids is 3. The van der Waals surface area contributed by atoms with Crippen molar-refractivity contribution in [2.45, 2.75) is 50.8 Å². The Morgan fingerprint density at radius 3 is 2.40 bits per heavy atom. The van der Waals surface area contributed by atoms with Gasteiger partial charge in [-0.15, -0.1) is 0 Å². The standard InChI is InChI=1S/C30H38N4O6/c1-29(2,32-28(38)39)26(36)31-24(19-40-18-21-11-6-4-7-12-21)25(35)34-16-10-15-30(20-34)23(17-33(3)27(30)37)22-13-8-5-9-14-22/h4-9,11-14,23-24,32H,10,15-20H2,1-3H3,(H,31,36)(H,38,39)/t23?,24-,30?/m1/s1. The van der Waals surface area contributed by atoms with Crippen LogP contribution in [-0.2, 0) is 25.7 Å². The van der Waals surface area contributed by atoms with Gasteiger partial charge in [-0.3, -0.25) is 14.4 Å². The lowest BCUT2D eigenvalue weighted by molar-refractivity contribution is -0.147. The maximum Gasteiger partial charge on any atom is 0.405 e. The zero-order valence-corrected chi connectivity index (χ0v) is 23.3. The molecule has 10 nitrogen and oxygen atoms in total. The second kappa shape index (κ2) is 12.1. The molecule has 3 atom stereocenters. The Morgan fingerprint density at radius 1 is 1.10 bits per heavy atom. The molecule has 2 fully saturated rings. The van der Waals surface area contributed by atoms with Crippen LogP contribution in [0.4, 0.5) is 4.79 Å². The van der Waals surface area contributed by atoms with E-state index in [4.69, 9.17) is 9.84 Å². The van der Waals surface area contributed by atoms with E-state index in [9.17, 15) is 19.2 Å². The first-order chi connectivity index (χ1) is 19.0. The molecule has 3 N–H and O–H groups in total. The lowest BCUT2D eigenvalue weighted by Crippen LogP contribution is -2.61. The molecule has 4 rings (SSSR count). The van der Waals surface area contributed by atoms with Crippen LogP contribution in [0.2, 0.25) is 0 Å². The number of carboxylic acid groups (broad SMARTS) is 1. The third kappa shape index (κ3) is 6.28. The van der Waals surface area contributed by atoms with Crippen molar-refractivity contribution in [3.63, 3.8) is 0 Å². The van der Waals surface area contributed by atoms with Gasteiger partial charge in [-0.25, -0.2) is 4.79 Å². The van der Waals surface area contributed by atoms with Gasteiger partial charge >= 0.3 is 6.09 Å². The summed E-state index contributed by atoms with van der Waals surface area (Å²) in [5.41, 5.74) is -0.259. The number of likely N-dealkylation sites (N-methyl/N-ethyl adjacent to an activating group) is 1. The summed E-state index contributed by atoms with van der Waals surface area (Å²) in [6.45, 7) is 4.23. The first-order valence-corrected chi connectivity index (χ1v) is 13.6. The van der Waals surface area contributed by atoms with Gasteiger partial charge in [-0.1, -0.05) is 60.7 Å². The molecule has 10 heteroatoms. The third-order valence-corrected chi connectivity index (χ3v) is 7.92. The first kappa shape index (κ1) is 29.1. The summed E-state index contributed by atoms with van der Waals surface area (Å²) < 4.78 is 5.86. The van der Waals surface area contributed by atoms with E-state index in [1.807, 2.05) is 60.7 Å². The summed E-state index contributed by atoms with van der Waals surface area (Å²) in [5.74, 6) is -1.06. The number of likely N-dealkylation sites (tertiary alicyclic amines) is 2. The smallest absolute Gasteiger partial charge is 0.405 e. The van der Waals surface area contributed by atoms with Crippen molar-refractivity contribution in [2.75, 3.05) is 33.3 Å². The molecule has 2 unspecified atom stereocenters. The SMILES string of the molecule is CN1CC(c2ccccc2)C2(CCCN(C(=O)[C@@H](COCc3ccccc3)NC(=O)C(C)(C)NC(=O)O)C2)C1=O. The number of ether oxygens (including phenoxy) is 1. The van der Waals surface area contributed by atoms with Crippen LogP contribution in [0.5, 0.6) is 0 Å². The molecule has 2 aliphatic rings. The summed E-state index contributed by atoms with van der Waals surface area (Å²) in [6.07, 6.45) is -0.0415. The maximum absolute atomic E-state index is 14.0. The van der Waals surface area contributed by atoms with Crippen molar-refractivity contribution < 1.29 is 29.0 Å². The molecule has 2 saturated heterocycles. The minimum absolute atomic E-state index is 0.0200. The quantitative estimate of drug-likeness (QED) is 0.440. The van der Waals surface area contributed by atoms with Crippen LogP contribution in [0.15, 0.2) is 60.7 Å². The zero-order chi connectivity index (χ0) is 28.9. The predicted octanol–water partition coefficient (Wildman–Crippen LogP) is 2.60. The van der Waals surface area contributed by atoms with Gasteiger partial charge in [0.25, 0.3) is 0 Å². The van der Waals surface area contributed by atoms with Gasteiger partial charge in [0.15, 0.2) is 0 Å². The van der Waals surface area contributed by atoms with Crippen molar-refractivity contribution in [1.82, 2.24) is 20.4 Å². The zero-order valence-electron chi connectivity index (χ0n) is 23.3. The largest absolute Gasteiger partial charge is 0.465 e. The molecular weight excluding hydrogens is 512 g/mol. The van der Waals surface area contributed by atoms with Crippen LogP contribution in [0, 0.1) is 5.41 Å². The second-order valence-electron chi connectivity index (χ2n) is 11.3. The van der Waals surface area contributed by atoms with Gasteiger partial charge in [0.2, 0.25) is 17.7 Å². The lowest BCUT2D eigenvalue weighted by Gasteiger charge is -2.43. The number of carbonyl (C=O) groups is 4. The van der Waals surface area contributed by atoms with Gasteiger partial charge in [0.1, 0.15) is 11.6 Å². The number of benzene rings is 2. The summed E-state index contributed by atoms with van der Waals surface area (Å²) in [7, 11) is 1.80. The van der Waals surface area contributed by atoms with Gasteiger partial charge in [-0.05, 0) is 37.8 Å². The number of nitrogens with one attached hydrogen (secondary N) is 2. The molecule has 0 bridgehead atoms. The molecule has 2 heterocycles. The summed E-state index contributed by atoms with van der Waals surface area (Å²) in [4.78, 5) is 55.3. The molecule has 0 saturated carbocycles. The molecule has 1 spiro atoms. The lowest BCUT2D eigenvalue weighted by atomic mass is 9.69. The van der Waals surface area contributed by atoms with E-state index in [0.717, 1.165) is 11.1 Å². The van der Waals surface area contributed by atoms with Crippen LogP contribution >= 0.6 is 0 Å². The van der Waals surface area contributed by atoms with Crippen molar-refractivity contribution in [3.05, 3.63) is 71.8 Å². The first-order valence-electron chi connectivity index (χ1n) is 13.6. The predicted molar refractivity (Wildman–Crippen MR) is 148 cm³/mol. The number of rotatable bonds is 9. The fraction of sp³-hybridized carbons (Fsp3) is 0.467. The fourth-order valence-corrected chi connectivity index (χ4v) is 5.83. The number of hydrogen-bond donors (Lipinski definition) is 3. The average molecular weight is 551 g/mol. The Balaban J connectivity index is 1.55. The average Bonchev–Trinajstić information content (AvgIpc) is 3.17. The van der Waals surface area contributed by atoms with Gasteiger partial charge in [-0.2, -0.15) is 0 Å². The van der Waals surface area contributed by atoms with Gasteiger partial charge in [0, 0.05) is 32.6 Å². The van der Waals surface area contributed by atoms with E-state index < -0.39 is 29.0 Å².